The summed E-state index contributed by atoms with van der Waals surface area (Å²) in [4.78, 5) is 34.0. The zero-order valence-corrected chi connectivity index (χ0v) is 12.9. The van der Waals surface area contributed by atoms with Crippen LogP contribution in [0.1, 0.15) is 17.3 Å². The number of benzene rings is 2. The van der Waals surface area contributed by atoms with Gasteiger partial charge in [-0.2, -0.15) is 0 Å². The molecule has 0 spiro atoms. The van der Waals surface area contributed by atoms with Crippen molar-refractivity contribution >= 4 is 23.1 Å². The molecule has 0 radical (unpaired) electrons. The standard InChI is InChI=1S/C17H15N3O4/c1-12(21)16(19-17(22)13-6-3-2-4-7-13)11-18-14-8-5-9-15(10-14)20(23)24/h2-11,18H,1H3,(H,19,22)/b16-11-. The molecule has 0 aliphatic heterocycles. The molecule has 0 heterocycles. The van der Waals surface area contributed by atoms with E-state index in [2.05, 4.69) is 10.6 Å². The van der Waals surface area contributed by atoms with Crippen LogP contribution in [0, 0.1) is 10.1 Å². The van der Waals surface area contributed by atoms with Gasteiger partial charge in [-0.15, -0.1) is 0 Å². The topological polar surface area (TPSA) is 101 Å². The number of Topliss-reactive ketones (excluding diaryl/α,β-unsaturated/α-hetero) is 1. The van der Waals surface area contributed by atoms with Gasteiger partial charge in [0, 0.05) is 36.5 Å². The third-order valence-corrected chi connectivity index (χ3v) is 3.10. The molecule has 2 N–H and O–H groups in total. The van der Waals surface area contributed by atoms with Crippen molar-refractivity contribution < 1.29 is 14.5 Å². The summed E-state index contributed by atoms with van der Waals surface area (Å²) in [5.74, 6) is -0.768. The van der Waals surface area contributed by atoms with E-state index in [1.54, 1.807) is 36.4 Å². The number of nitro groups is 1. The number of nitrogens with one attached hydrogen (secondary N) is 2. The number of allylic oxidation sites excluding steroid dienone is 1. The second kappa shape index (κ2) is 7.68. The Balaban J connectivity index is 2.14. The number of non-ortho nitro benzene ring substituents is 1. The molecule has 0 unspecified atom stereocenters. The minimum absolute atomic E-state index is 0.0513. The summed E-state index contributed by atoms with van der Waals surface area (Å²) < 4.78 is 0. The van der Waals surface area contributed by atoms with Crippen LogP contribution in [0.5, 0.6) is 0 Å². The van der Waals surface area contributed by atoms with Gasteiger partial charge in [-0.1, -0.05) is 24.3 Å². The van der Waals surface area contributed by atoms with E-state index in [1.165, 1.54) is 31.3 Å². The lowest BCUT2D eigenvalue weighted by atomic mass is 10.2. The second-order valence-corrected chi connectivity index (χ2v) is 4.89. The number of ketones is 1. The maximum atomic E-state index is 12.1. The summed E-state index contributed by atoms with van der Waals surface area (Å²) in [5.41, 5.74) is 0.818. The molecule has 7 nitrogen and oxygen atoms in total. The number of nitrogens with zero attached hydrogens (tertiary/aromatic N) is 1. The van der Waals surface area contributed by atoms with Gasteiger partial charge in [0.25, 0.3) is 11.6 Å². The molecule has 7 heteroatoms. The van der Waals surface area contributed by atoms with Crippen LogP contribution in [-0.4, -0.2) is 16.6 Å². The van der Waals surface area contributed by atoms with Gasteiger partial charge >= 0.3 is 0 Å². The SMILES string of the molecule is CC(=O)/C(=C/Nc1cccc([N+](=O)[O-])c1)NC(=O)c1ccccc1. The van der Waals surface area contributed by atoms with Gasteiger partial charge in [-0.05, 0) is 18.2 Å². The monoisotopic (exact) mass is 325 g/mol. The number of carbonyl (C=O) groups is 2. The molecule has 0 saturated heterocycles. The summed E-state index contributed by atoms with van der Waals surface area (Å²) in [6.07, 6.45) is 1.31. The fourth-order valence-electron chi connectivity index (χ4n) is 1.87. The van der Waals surface area contributed by atoms with Crippen LogP contribution in [-0.2, 0) is 4.79 Å². The molecule has 2 aromatic carbocycles. The Bertz CT molecular complexity index is 800. The predicted octanol–water partition coefficient (Wildman–Crippen LogP) is 2.87. The van der Waals surface area contributed by atoms with Gasteiger partial charge in [0.05, 0.1) is 4.92 Å². The highest BCUT2D eigenvalue weighted by Crippen LogP contribution is 2.17. The molecule has 0 aliphatic carbocycles. The van der Waals surface area contributed by atoms with Gasteiger partial charge < -0.3 is 10.6 Å². The Morgan fingerprint density at radius 2 is 1.79 bits per heavy atom. The summed E-state index contributed by atoms with van der Waals surface area (Å²) in [5, 5.41) is 16.0. The van der Waals surface area contributed by atoms with Crippen LogP contribution in [0.3, 0.4) is 0 Å². The molecule has 24 heavy (non-hydrogen) atoms. The molecule has 0 saturated carbocycles. The van der Waals surface area contributed by atoms with E-state index in [0.29, 0.717) is 11.3 Å². The van der Waals surface area contributed by atoms with Crippen molar-refractivity contribution in [2.75, 3.05) is 5.32 Å². The minimum Gasteiger partial charge on any atom is -0.360 e. The smallest absolute Gasteiger partial charge is 0.271 e. The van der Waals surface area contributed by atoms with Crippen LogP contribution in [0.2, 0.25) is 0 Å². The van der Waals surface area contributed by atoms with Gasteiger partial charge in [0.15, 0.2) is 5.78 Å². The molecule has 122 valence electrons. The number of hydrogen-bond acceptors (Lipinski definition) is 5. The average Bonchev–Trinajstić information content (AvgIpc) is 2.59. The Hall–Kier alpha value is -3.48. The Labute approximate surface area is 138 Å². The number of amides is 1. The molecule has 2 aromatic rings. The lowest BCUT2D eigenvalue weighted by Crippen LogP contribution is -2.27. The third kappa shape index (κ3) is 4.51. The second-order valence-electron chi connectivity index (χ2n) is 4.89. The predicted molar refractivity (Wildman–Crippen MR) is 89.4 cm³/mol. The van der Waals surface area contributed by atoms with Crippen molar-refractivity contribution in [2.24, 2.45) is 0 Å². The lowest BCUT2D eigenvalue weighted by Gasteiger charge is -2.08. The number of anilines is 1. The first-order valence-corrected chi connectivity index (χ1v) is 7.06. The highest BCUT2D eigenvalue weighted by atomic mass is 16.6. The number of rotatable bonds is 6. The maximum absolute atomic E-state index is 12.1. The fraction of sp³-hybridized carbons (Fsp3) is 0.0588. The highest BCUT2D eigenvalue weighted by molar-refractivity contribution is 6.02. The van der Waals surface area contributed by atoms with Crippen molar-refractivity contribution in [3.63, 3.8) is 0 Å². The van der Waals surface area contributed by atoms with E-state index in [4.69, 9.17) is 0 Å². The zero-order valence-electron chi connectivity index (χ0n) is 12.9. The molecule has 0 aliphatic rings. The quantitative estimate of drug-likeness (QED) is 0.483. The van der Waals surface area contributed by atoms with Crippen molar-refractivity contribution in [2.45, 2.75) is 6.92 Å². The maximum Gasteiger partial charge on any atom is 0.271 e. The first kappa shape index (κ1) is 16.9. The van der Waals surface area contributed by atoms with Gasteiger partial charge in [0.1, 0.15) is 5.70 Å². The third-order valence-electron chi connectivity index (χ3n) is 3.10. The minimum atomic E-state index is -0.516. The van der Waals surface area contributed by atoms with Crippen molar-refractivity contribution in [3.05, 3.63) is 82.2 Å². The number of hydrogen-bond donors (Lipinski definition) is 2. The summed E-state index contributed by atoms with van der Waals surface area (Å²) >= 11 is 0. The van der Waals surface area contributed by atoms with E-state index in [0.717, 1.165) is 0 Å². The molecule has 0 bridgehead atoms. The first-order chi connectivity index (χ1) is 11.5. The normalized spacial score (nSPS) is 10.8. The Morgan fingerprint density at radius 3 is 2.42 bits per heavy atom. The lowest BCUT2D eigenvalue weighted by molar-refractivity contribution is -0.384. The molecule has 0 fully saturated rings. The summed E-state index contributed by atoms with van der Waals surface area (Å²) in [6, 6.07) is 14.3. The largest absolute Gasteiger partial charge is 0.360 e. The van der Waals surface area contributed by atoms with Crippen LogP contribution < -0.4 is 10.6 Å². The fourth-order valence-corrected chi connectivity index (χ4v) is 1.87. The summed E-state index contributed by atoms with van der Waals surface area (Å²) in [6.45, 7) is 1.31. The Morgan fingerprint density at radius 1 is 1.08 bits per heavy atom. The molecule has 0 aromatic heterocycles. The molecular weight excluding hydrogens is 310 g/mol. The van der Waals surface area contributed by atoms with Crippen molar-refractivity contribution in [1.82, 2.24) is 5.32 Å². The van der Waals surface area contributed by atoms with Crippen molar-refractivity contribution in [3.8, 4) is 0 Å². The van der Waals surface area contributed by atoms with Gasteiger partial charge in [-0.3, -0.25) is 19.7 Å². The molecular formula is C17H15N3O4. The average molecular weight is 325 g/mol. The highest BCUT2D eigenvalue weighted by Gasteiger charge is 2.11. The van der Waals surface area contributed by atoms with Crippen LogP contribution in [0.4, 0.5) is 11.4 Å². The first-order valence-electron chi connectivity index (χ1n) is 7.06. The molecule has 2 rings (SSSR count). The molecule has 1 amide bonds. The van der Waals surface area contributed by atoms with E-state index >= 15 is 0 Å². The zero-order chi connectivity index (χ0) is 17.5. The molecule has 0 atom stereocenters. The Kier molecular flexibility index (Phi) is 5.40. The van der Waals surface area contributed by atoms with E-state index in [9.17, 15) is 19.7 Å². The van der Waals surface area contributed by atoms with Crippen molar-refractivity contribution in [1.29, 1.82) is 0 Å². The van der Waals surface area contributed by atoms with E-state index < -0.39 is 10.8 Å². The summed E-state index contributed by atoms with van der Waals surface area (Å²) in [7, 11) is 0. The van der Waals surface area contributed by atoms with Crippen LogP contribution in [0.15, 0.2) is 66.5 Å². The van der Waals surface area contributed by atoms with Crippen LogP contribution in [0.25, 0.3) is 0 Å². The van der Waals surface area contributed by atoms with Gasteiger partial charge in [-0.25, -0.2) is 0 Å². The van der Waals surface area contributed by atoms with Gasteiger partial charge in [0.2, 0.25) is 0 Å². The van der Waals surface area contributed by atoms with E-state index in [1.807, 2.05) is 0 Å². The number of nitro benzene ring substituents is 1. The van der Waals surface area contributed by atoms with E-state index in [-0.39, 0.29) is 17.2 Å². The van der Waals surface area contributed by atoms with Crippen LogP contribution >= 0.6 is 0 Å². The number of carbonyl (C=O) groups excluding carboxylic acids is 2.